The predicted octanol–water partition coefficient (Wildman–Crippen LogP) is 2.67. The molecular weight excluding hydrogens is 136 g/mol. The first kappa shape index (κ1) is 10.4. The maximum absolute atomic E-state index is 9.13. The summed E-state index contributed by atoms with van der Waals surface area (Å²) in [5.74, 6) is 0. The molecule has 1 unspecified atom stereocenters. The monoisotopic (exact) mass is 154 g/mol. The van der Waals surface area contributed by atoms with Gasteiger partial charge in [0.15, 0.2) is 0 Å². The Hall–Kier alpha value is -0.560. The van der Waals surface area contributed by atoms with Crippen molar-refractivity contribution >= 4 is 0 Å². The van der Waals surface area contributed by atoms with Crippen molar-refractivity contribution in [2.75, 3.05) is 0 Å². The summed E-state index contributed by atoms with van der Waals surface area (Å²) in [5.41, 5.74) is 3.51. The van der Waals surface area contributed by atoms with Crippen molar-refractivity contribution in [1.29, 1.82) is 0 Å². The van der Waals surface area contributed by atoms with E-state index in [4.69, 9.17) is 5.11 Å². The maximum atomic E-state index is 9.13. The topological polar surface area (TPSA) is 20.2 Å². The summed E-state index contributed by atoms with van der Waals surface area (Å²) in [6.07, 6.45) is 0.435. The molecular formula is C10H18O. The Bertz CT molecular complexity index is 171. The molecule has 1 atom stereocenters. The molecule has 0 aromatic carbocycles. The average Bonchev–Trinajstić information content (AvgIpc) is 1.87. The Labute approximate surface area is 69.4 Å². The second-order valence-electron chi connectivity index (χ2n) is 3.29. The van der Waals surface area contributed by atoms with Crippen molar-refractivity contribution in [1.82, 2.24) is 0 Å². The van der Waals surface area contributed by atoms with Crippen molar-refractivity contribution in [2.45, 2.75) is 40.2 Å². The van der Waals surface area contributed by atoms with Crippen LogP contribution >= 0.6 is 0 Å². The highest BCUT2D eigenvalue weighted by Crippen LogP contribution is 2.15. The van der Waals surface area contributed by atoms with Gasteiger partial charge in [0.05, 0.1) is 6.10 Å². The number of hydrogen-bond acceptors (Lipinski definition) is 1. The molecule has 0 aliphatic carbocycles. The molecule has 11 heavy (non-hydrogen) atoms. The van der Waals surface area contributed by atoms with Crippen molar-refractivity contribution in [3.63, 3.8) is 0 Å². The third-order valence-corrected chi connectivity index (χ3v) is 1.94. The third-order valence-electron chi connectivity index (χ3n) is 1.94. The minimum absolute atomic E-state index is 0.385. The zero-order valence-electron chi connectivity index (χ0n) is 7.94. The van der Waals surface area contributed by atoms with Crippen LogP contribution in [-0.4, -0.2) is 11.2 Å². The Kier molecular flexibility index (Phi) is 4.12. The SMILES string of the molecule is C=C(CC(C)=C(C)C)C(C)O. The Morgan fingerprint density at radius 3 is 2.09 bits per heavy atom. The van der Waals surface area contributed by atoms with Crippen molar-refractivity contribution in [3.8, 4) is 0 Å². The Morgan fingerprint density at radius 1 is 1.36 bits per heavy atom. The van der Waals surface area contributed by atoms with E-state index in [-0.39, 0.29) is 6.10 Å². The highest BCUT2D eigenvalue weighted by Gasteiger charge is 2.02. The summed E-state index contributed by atoms with van der Waals surface area (Å²) in [5, 5.41) is 9.13. The molecule has 0 rings (SSSR count). The highest BCUT2D eigenvalue weighted by molar-refractivity contribution is 5.17. The molecule has 1 N–H and O–H groups in total. The fourth-order valence-corrected chi connectivity index (χ4v) is 0.665. The highest BCUT2D eigenvalue weighted by atomic mass is 16.3. The molecule has 0 aromatic heterocycles. The molecule has 0 aromatic rings. The largest absolute Gasteiger partial charge is 0.389 e. The molecule has 0 spiro atoms. The first-order chi connectivity index (χ1) is 4.95. The quantitative estimate of drug-likeness (QED) is 0.620. The molecule has 1 nitrogen and oxygen atoms in total. The Morgan fingerprint density at radius 2 is 1.82 bits per heavy atom. The van der Waals surface area contributed by atoms with E-state index in [1.165, 1.54) is 11.1 Å². The lowest BCUT2D eigenvalue weighted by Gasteiger charge is -2.09. The van der Waals surface area contributed by atoms with Crippen LogP contribution in [0.5, 0.6) is 0 Å². The molecule has 0 aliphatic heterocycles. The van der Waals surface area contributed by atoms with Gasteiger partial charge in [-0.15, -0.1) is 0 Å². The summed E-state index contributed by atoms with van der Waals surface area (Å²) in [6, 6.07) is 0. The summed E-state index contributed by atoms with van der Waals surface area (Å²) in [4.78, 5) is 0. The number of hydrogen-bond donors (Lipinski definition) is 1. The summed E-state index contributed by atoms with van der Waals surface area (Å²) in [6.45, 7) is 11.8. The van der Waals surface area contributed by atoms with Crippen LogP contribution in [0.2, 0.25) is 0 Å². The van der Waals surface area contributed by atoms with E-state index in [1.54, 1.807) is 6.92 Å². The van der Waals surface area contributed by atoms with Gasteiger partial charge >= 0.3 is 0 Å². The van der Waals surface area contributed by atoms with Crippen LogP contribution in [0.15, 0.2) is 23.3 Å². The summed E-state index contributed by atoms with van der Waals surface area (Å²) >= 11 is 0. The van der Waals surface area contributed by atoms with Gasteiger partial charge in [-0.3, -0.25) is 0 Å². The molecule has 0 radical (unpaired) electrons. The first-order valence-electron chi connectivity index (χ1n) is 3.93. The number of rotatable bonds is 3. The zero-order chi connectivity index (χ0) is 9.02. The maximum Gasteiger partial charge on any atom is 0.0722 e. The van der Waals surface area contributed by atoms with Gasteiger partial charge < -0.3 is 5.11 Å². The van der Waals surface area contributed by atoms with Crippen LogP contribution in [0.4, 0.5) is 0 Å². The lowest BCUT2D eigenvalue weighted by Crippen LogP contribution is -2.03. The lowest BCUT2D eigenvalue weighted by atomic mass is 10.0. The first-order valence-corrected chi connectivity index (χ1v) is 3.93. The number of allylic oxidation sites excluding steroid dienone is 2. The molecule has 0 heterocycles. The molecule has 64 valence electrons. The van der Waals surface area contributed by atoms with E-state index in [0.29, 0.717) is 0 Å². The molecule has 0 bridgehead atoms. The van der Waals surface area contributed by atoms with Gasteiger partial charge in [0.25, 0.3) is 0 Å². The van der Waals surface area contributed by atoms with Gasteiger partial charge in [-0.1, -0.05) is 17.7 Å². The minimum Gasteiger partial charge on any atom is -0.389 e. The zero-order valence-corrected chi connectivity index (χ0v) is 7.94. The van der Waals surface area contributed by atoms with Gasteiger partial charge in [0.1, 0.15) is 0 Å². The van der Waals surface area contributed by atoms with E-state index in [1.807, 2.05) is 0 Å². The van der Waals surface area contributed by atoms with E-state index in [0.717, 1.165) is 12.0 Å². The second-order valence-corrected chi connectivity index (χ2v) is 3.29. The fraction of sp³-hybridized carbons (Fsp3) is 0.600. The smallest absolute Gasteiger partial charge is 0.0722 e. The summed E-state index contributed by atoms with van der Waals surface area (Å²) in [7, 11) is 0. The summed E-state index contributed by atoms with van der Waals surface area (Å²) < 4.78 is 0. The van der Waals surface area contributed by atoms with Gasteiger partial charge in [-0.2, -0.15) is 0 Å². The van der Waals surface area contributed by atoms with Gasteiger partial charge in [0, 0.05) is 0 Å². The van der Waals surface area contributed by atoms with Crippen LogP contribution in [0.25, 0.3) is 0 Å². The molecule has 0 amide bonds. The molecule has 0 saturated carbocycles. The number of aliphatic hydroxyl groups excluding tert-OH is 1. The fourth-order valence-electron chi connectivity index (χ4n) is 0.665. The minimum atomic E-state index is -0.385. The van der Waals surface area contributed by atoms with Gasteiger partial charge in [0.2, 0.25) is 0 Å². The van der Waals surface area contributed by atoms with Crippen molar-refractivity contribution in [3.05, 3.63) is 23.3 Å². The molecule has 0 fully saturated rings. The molecule has 0 saturated heterocycles. The van der Waals surface area contributed by atoms with Crippen molar-refractivity contribution in [2.24, 2.45) is 0 Å². The predicted molar refractivity (Wildman–Crippen MR) is 49.5 cm³/mol. The standard InChI is InChI=1S/C10H18O/c1-7(2)8(3)6-9(4)10(5)11/h10-11H,4,6H2,1-3,5H3. The normalized spacial score (nSPS) is 12.5. The van der Waals surface area contributed by atoms with Gasteiger partial charge in [-0.05, 0) is 39.7 Å². The van der Waals surface area contributed by atoms with E-state index in [9.17, 15) is 0 Å². The van der Waals surface area contributed by atoms with Crippen LogP contribution in [0.1, 0.15) is 34.1 Å². The van der Waals surface area contributed by atoms with E-state index in [2.05, 4.69) is 27.4 Å². The second kappa shape index (κ2) is 4.35. The average molecular weight is 154 g/mol. The van der Waals surface area contributed by atoms with Crippen LogP contribution in [0, 0.1) is 0 Å². The van der Waals surface area contributed by atoms with Gasteiger partial charge in [-0.25, -0.2) is 0 Å². The third kappa shape index (κ3) is 3.99. The van der Waals surface area contributed by atoms with Crippen LogP contribution < -0.4 is 0 Å². The van der Waals surface area contributed by atoms with Crippen LogP contribution in [0.3, 0.4) is 0 Å². The number of aliphatic hydroxyl groups is 1. The van der Waals surface area contributed by atoms with E-state index < -0.39 is 0 Å². The molecule has 0 aliphatic rings. The van der Waals surface area contributed by atoms with E-state index >= 15 is 0 Å². The lowest BCUT2D eigenvalue weighted by molar-refractivity contribution is 0.229. The van der Waals surface area contributed by atoms with Crippen molar-refractivity contribution < 1.29 is 5.11 Å². The Balaban J connectivity index is 4.07. The van der Waals surface area contributed by atoms with Crippen LogP contribution in [-0.2, 0) is 0 Å². The molecule has 1 heteroatoms.